The van der Waals surface area contributed by atoms with Crippen molar-refractivity contribution in [3.63, 3.8) is 0 Å². The van der Waals surface area contributed by atoms with Gasteiger partial charge in [0.15, 0.2) is 0 Å². The highest BCUT2D eigenvalue weighted by atomic mass is 19.4. The summed E-state index contributed by atoms with van der Waals surface area (Å²) in [5.41, 5.74) is 1.05. The minimum Gasteiger partial charge on any atom is -0.406 e. The average Bonchev–Trinajstić information content (AvgIpc) is 3.52. The maximum atomic E-state index is 12.6. The maximum absolute atomic E-state index is 12.6. The van der Waals surface area contributed by atoms with Crippen LogP contribution in [0.2, 0.25) is 0 Å². The van der Waals surface area contributed by atoms with E-state index >= 15 is 0 Å². The van der Waals surface area contributed by atoms with Crippen LogP contribution in [-0.2, 0) is 4.74 Å². The zero-order valence-corrected chi connectivity index (χ0v) is 16.4. The molecule has 1 aromatic carbocycles. The highest BCUT2D eigenvalue weighted by Gasteiger charge is 2.31. The summed E-state index contributed by atoms with van der Waals surface area (Å²) in [5.74, 6) is 0.807. The fraction of sp³-hybridized carbons (Fsp3) is 0.500. The van der Waals surface area contributed by atoms with Gasteiger partial charge in [0, 0.05) is 43.9 Å². The number of halogens is 3. The van der Waals surface area contributed by atoms with Crippen LogP contribution in [0.4, 0.5) is 24.9 Å². The Labute approximate surface area is 172 Å². The van der Waals surface area contributed by atoms with Crippen molar-refractivity contribution in [1.82, 2.24) is 14.9 Å². The number of nitrogens with zero attached hydrogens (tertiary/aromatic N) is 3. The molecule has 30 heavy (non-hydrogen) atoms. The quantitative estimate of drug-likeness (QED) is 0.675. The van der Waals surface area contributed by atoms with E-state index in [9.17, 15) is 13.2 Å². The standard InChI is InChI=1S/C20H24F3N5O2/c21-20(22,23)30-16-3-1-2-14(12-16)17-13-18(27-19(26-17)25-15-4-5-15)24-6-7-28-8-10-29-11-9-28/h1-3,12-13,15H,4-11H2,(H2,24,25,26,27). The van der Waals surface area contributed by atoms with Crippen LogP contribution in [0.1, 0.15) is 12.8 Å². The number of rotatable bonds is 8. The van der Waals surface area contributed by atoms with E-state index in [-0.39, 0.29) is 5.75 Å². The molecule has 0 atom stereocenters. The van der Waals surface area contributed by atoms with Crippen LogP contribution in [0.15, 0.2) is 30.3 Å². The van der Waals surface area contributed by atoms with Crippen molar-refractivity contribution in [2.75, 3.05) is 50.0 Å². The summed E-state index contributed by atoms with van der Waals surface area (Å²) in [6, 6.07) is 7.89. The van der Waals surface area contributed by atoms with E-state index in [2.05, 4.69) is 30.2 Å². The summed E-state index contributed by atoms with van der Waals surface area (Å²) in [6.45, 7) is 4.82. The number of anilines is 2. The summed E-state index contributed by atoms with van der Waals surface area (Å²) in [5, 5.41) is 6.56. The highest BCUT2D eigenvalue weighted by molar-refractivity contribution is 5.66. The fourth-order valence-electron chi connectivity index (χ4n) is 3.18. The zero-order chi connectivity index (χ0) is 21.0. The number of alkyl halides is 3. The van der Waals surface area contributed by atoms with Gasteiger partial charge in [0.05, 0.1) is 18.9 Å². The van der Waals surface area contributed by atoms with Gasteiger partial charge in [0.2, 0.25) is 5.95 Å². The lowest BCUT2D eigenvalue weighted by Gasteiger charge is -2.26. The van der Waals surface area contributed by atoms with E-state index < -0.39 is 6.36 Å². The molecule has 1 saturated carbocycles. The van der Waals surface area contributed by atoms with E-state index in [1.54, 1.807) is 12.1 Å². The SMILES string of the molecule is FC(F)(F)Oc1cccc(-c2cc(NCCN3CCOCC3)nc(NC3CC3)n2)c1. The lowest BCUT2D eigenvalue weighted by molar-refractivity contribution is -0.274. The molecule has 1 aromatic heterocycles. The van der Waals surface area contributed by atoms with Crippen LogP contribution in [0.5, 0.6) is 5.75 Å². The Hall–Kier alpha value is -2.59. The first-order chi connectivity index (χ1) is 14.4. The molecule has 2 heterocycles. The number of ether oxygens (including phenoxy) is 2. The van der Waals surface area contributed by atoms with E-state index in [1.807, 2.05) is 0 Å². The summed E-state index contributed by atoms with van der Waals surface area (Å²) in [6.07, 6.45) is -2.63. The molecule has 0 amide bonds. The normalized spacial score (nSPS) is 17.6. The average molecular weight is 423 g/mol. The largest absolute Gasteiger partial charge is 0.573 e. The zero-order valence-electron chi connectivity index (χ0n) is 16.4. The summed E-state index contributed by atoms with van der Waals surface area (Å²) in [4.78, 5) is 11.3. The molecule has 2 aliphatic rings. The Morgan fingerprint density at radius 2 is 1.93 bits per heavy atom. The van der Waals surface area contributed by atoms with Gasteiger partial charge in [-0.25, -0.2) is 4.98 Å². The fourth-order valence-corrected chi connectivity index (χ4v) is 3.18. The van der Waals surface area contributed by atoms with Crippen LogP contribution in [0.3, 0.4) is 0 Å². The molecule has 2 fully saturated rings. The van der Waals surface area contributed by atoms with Crippen LogP contribution >= 0.6 is 0 Å². The van der Waals surface area contributed by atoms with Crippen molar-refractivity contribution in [3.05, 3.63) is 30.3 Å². The summed E-state index contributed by atoms with van der Waals surface area (Å²) >= 11 is 0. The van der Waals surface area contributed by atoms with Gasteiger partial charge < -0.3 is 20.1 Å². The molecule has 0 spiro atoms. The minimum atomic E-state index is -4.74. The van der Waals surface area contributed by atoms with Crippen molar-refractivity contribution in [3.8, 4) is 17.0 Å². The van der Waals surface area contributed by atoms with Crippen molar-refractivity contribution in [1.29, 1.82) is 0 Å². The molecule has 7 nitrogen and oxygen atoms in total. The van der Waals surface area contributed by atoms with Crippen LogP contribution in [0.25, 0.3) is 11.3 Å². The Kier molecular flexibility index (Phi) is 6.24. The van der Waals surface area contributed by atoms with Crippen LogP contribution in [-0.4, -0.2) is 66.7 Å². The number of morpholine rings is 1. The first kappa shape index (κ1) is 20.7. The number of hydrogen-bond donors (Lipinski definition) is 2. The van der Waals surface area contributed by atoms with E-state index in [1.165, 1.54) is 18.2 Å². The molecule has 2 aromatic rings. The highest BCUT2D eigenvalue weighted by Crippen LogP contribution is 2.30. The van der Waals surface area contributed by atoms with Gasteiger partial charge in [-0.15, -0.1) is 13.2 Å². The molecule has 1 aliphatic carbocycles. The third kappa shape index (κ3) is 6.20. The molecule has 0 bridgehead atoms. The summed E-state index contributed by atoms with van der Waals surface area (Å²) in [7, 11) is 0. The van der Waals surface area contributed by atoms with Gasteiger partial charge in [-0.05, 0) is 25.0 Å². The lowest BCUT2D eigenvalue weighted by atomic mass is 10.1. The lowest BCUT2D eigenvalue weighted by Crippen LogP contribution is -2.39. The topological polar surface area (TPSA) is 71.5 Å². The number of aromatic nitrogens is 2. The Bertz CT molecular complexity index is 855. The minimum absolute atomic E-state index is 0.280. The summed E-state index contributed by atoms with van der Waals surface area (Å²) < 4.78 is 47.1. The molecule has 1 saturated heterocycles. The number of hydrogen-bond acceptors (Lipinski definition) is 7. The first-order valence-corrected chi connectivity index (χ1v) is 10.0. The Morgan fingerprint density at radius 3 is 2.67 bits per heavy atom. The van der Waals surface area contributed by atoms with Crippen molar-refractivity contribution >= 4 is 11.8 Å². The predicted octanol–water partition coefficient (Wildman–Crippen LogP) is 3.36. The monoisotopic (exact) mass is 423 g/mol. The van der Waals surface area contributed by atoms with Crippen LogP contribution in [0, 0.1) is 0 Å². The molecule has 10 heteroatoms. The molecule has 162 valence electrons. The molecule has 1 aliphatic heterocycles. The molecule has 2 N–H and O–H groups in total. The number of nitrogens with one attached hydrogen (secondary N) is 2. The van der Waals surface area contributed by atoms with Gasteiger partial charge in [0.25, 0.3) is 0 Å². The second-order valence-corrected chi connectivity index (χ2v) is 7.34. The predicted molar refractivity (Wildman–Crippen MR) is 107 cm³/mol. The van der Waals surface area contributed by atoms with Gasteiger partial charge >= 0.3 is 6.36 Å². The second-order valence-electron chi connectivity index (χ2n) is 7.34. The number of benzene rings is 1. The van der Waals surface area contributed by atoms with Gasteiger partial charge in [-0.3, -0.25) is 4.90 Å². The third-order valence-corrected chi connectivity index (χ3v) is 4.84. The molecular weight excluding hydrogens is 399 g/mol. The molecule has 0 radical (unpaired) electrons. The van der Waals surface area contributed by atoms with Crippen LogP contribution < -0.4 is 15.4 Å². The van der Waals surface area contributed by atoms with E-state index in [0.717, 1.165) is 45.7 Å². The molecule has 0 unspecified atom stereocenters. The van der Waals surface area contributed by atoms with Gasteiger partial charge in [0.1, 0.15) is 11.6 Å². The van der Waals surface area contributed by atoms with Gasteiger partial charge in [-0.1, -0.05) is 12.1 Å². The van der Waals surface area contributed by atoms with E-state index in [0.29, 0.717) is 35.6 Å². The van der Waals surface area contributed by atoms with Crippen molar-refractivity contribution in [2.24, 2.45) is 0 Å². The van der Waals surface area contributed by atoms with Crippen molar-refractivity contribution in [2.45, 2.75) is 25.2 Å². The van der Waals surface area contributed by atoms with Gasteiger partial charge in [-0.2, -0.15) is 4.98 Å². The van der Waals surface area contributed by atoms with Crippen molar-refractivity contribution < 1.29 is 22.6 Å². The Morgan fingerprint density at radius 1 is 1.13 bits per heavy atom. The Balaban J connectivity index is 1.50. The smallest absolute Gasteiger partial charge is 0.406 e. The molecule has 4 rings (SSSR count). The maximum Gasteiger partial charge on any atom is 0.573 e. The second kappa shape index (κ2) is 9.05. The third-order valence-electron chi connectivity index (χ3n) is 4.84. The molecular formula is C20H24F3N5O2. The first-order valence-electron chi connectivity index (χ1n) is 10.0. The van der Waals surface area contributed by atoms with E-state index in [4.69, 9.17) is 4.74 Å².